The Bertz CT molecular complexity index is 532. The van der Waals surface area contributed by atoms with Gasteiger partial charge in [0.2, 0.25) is 5.82 Å². The molecule has 0 amide bonds. The fourth-order valence-electron chi connectivity index (χ4n) is 1.82. The van der Waals surface area contributed by atoms with Gasteiger partial charge in [0.15, 0.2) is 5.13 Å². The van der Waals surface area contributed by atoms with Crippen molar-refractivity contribution in [2.24, 2.45) is 0 Å². The molecule has 0 aromatic carbocycles. The van der Waals surface area contributed by atoms with Crippen molar-refractivity contribution in [2.75, 3.05) is 12.3 Å². The van der Waals surface area contributed by atoms with Gasteiger partial charge in [-0.15, -0.1) is 0 Å². The van der Waals surface area contributed by atoms with E-state index in [0.29, 0.717) is 23.5 Å². The van der Waals surface area contributed by atoms with Crippen molar-refractivity contribution in [3.8, 4) is 10.8 Å². The molecule has 0 fully saturated rings. The number of aryl methyl sites for hydroxylation is 1. The van der Waals surface area contributed by atoms with Gasteiger partial charge in [0.25, 0.3) is 5.89 Å². The highest BCUT2D eigenvalue weighted by Gasteiger charge is 2.21. The molecule has 2 N–H and O–H groups in total. The molecular formula is C12H18N4O2S. The summed E-state index contributed by atoms with van der Waals surface area (Å²) in [7, 11) is 0. The van der Waals surface area contributed by atoms with E-state index < -0.39 is 0 Å². The first-order valence-corrected chi connectivity index (χ1v) is 7.15. The summed E-state index contributed by atoms with van der Waals surface area (Å²) in [6.07, 6.45) is 1.76. The van der Waals surface area contributed by atoms with Gasteiger partial charge >= 0.3 is 0 Å². The number of thiazole rings is 1. The van der Waals surface area contributed by atoms with Gasteiger partial charge in [0.05, 0.1) is 5.69 Å². The Balaban J connectivity index is 2.24. The van der Waals surface area contributed by atoms with E-state index in [-0.39, 0.29) is 6.10 Å². The molecule has 1 atom stereocenters. The SMILES string of the molecule is CCCC(OCC)c1noc(-c2sc(N)nc2C)n1. The van der Waals surface area contributed by atoms with E-state index in [2.05, 4.69) is 22.0 Å². The zero-order valence-corrected chi connectivity index (χ0v) is 12.2. The number of aromatic nitrogens is 3. The van der Waals surface area contributed by atoms with Gasteiger partial charge in [-0.2, -0.15) is 4.98 Å². The van der Waals surface area contributed by atoms with E-state index >= 15 is 0 Å². The molecule has 7 heteroatoms. The van der Waals surface area contributed by atoms with E-state index in [9.17, 15) is 0 Å². The van der Waals surface area contributed by atoms with Gasteiger partial charge in [-0.1, -0.05) is 29.8 Å². The van der Waals surface area contributed by atoms with Gasteiger partial charge in [-0.3, -0.25) is 0 Å². The van der Waals surface area contributed by atoms with Crippen molar-refractivity contribution in [1.29, 1.82) is 0 Å². The van der Waals surface area contributed by atoms with Crippen LogP contribution in [0.25, 0.3) is 10.8 Å². The van der Waals surface area contributed by atoms with E-state index in [1.807, 2.05) is 13.8 Å². The zero-order valence-electron chi connectivity index (χ0n) is 11.3. The van der Waals surface area contributed by atoms with Crippen molar-refractivity contribution in [3.63, 3.8) is 0 Å². The lowest BCUT2D eigenvalue weighted by Crippen LogP contribution is -2.05. The number of nitrogens with zero attached hydrogens (tertiary/aromatic N) is 3. The molecule has 0 spiro atoms. The average Bonchev–Trinajstić information content (AvgIpc) is 2.95. The Morgan fingerprint density at radius 3 is 2.74 bits per heavy atom. The number of nitrogens with two attached hydrogens (primary N) is 1. The summed E-state index contributed by atoms with van der Waals surface area (Å²) in [5.41, 5.74) is 6.48. The second kappa shape index (κ2) is 6.12. The fourth-order valence-corrected chi connectivity index (χ4v) is 2.58. The van der Waals surface area contributed by atoms with Crippen molar-refractivity contribution in [3.05, 3.63) is 11.5 Å². The molecule has 104 valence electrons. The summed E-state index contributed by atoms with van der Waals surface area (Å²) in [5.74, 6) is 1.05. The van der Waals surface area contributed by atoms with E-state index in [0.717, 1.165) is 23.4 Å². The number of anilines is 1. The number of ether oxygens (including phenoxy) is 1. The van der Waals surface area contributed by atoms with Crippen molar-refractivity contribution >= 4 is 16.5 Å². The lowest BCUT2D eigenvalue weighted by atomic mass is 10.2. The van der Waals surface area contributed by atoms with Crippen LogP contribution in [0.2, 0.25) is 0 Å². The molecule has 0 bridgehead atoms. The molecule has 1 unspecified atom stereocenters. The summed E-state index contributed by atoms with van der Waals surface area (Å²) in [5, 5.41) is 4.51. The van der Waals surface area contributed by atoms with Gasteiger partial charge in [-0.05, 0) is 20.3 Å². The highest BCUT2D eigenvalue weighted by molar-refractivity contribution is 7.18. The summed E-state index contributed by atoms with van der Waals surface area (Å²) in [6, 6.07) is 0. The van der Waals surface area contributed by atoms with Gasteiger partial charge < -0.3 is 15.0 Å². The second-order valence-electron chi connectivity index (χ2n) is 4.16. The normalized spacial score (nSPS) is 12.8. The quantitative estimate of drug-likeness (QED) is 0.876. The third kappa shape index (κ3) is 3.10. The molecular weight excluding hydrogens is 264 g/mol. The van der Waals surface area contributed by atoms with Gasteiger partial charge in [0.1, 0.15) is 11.0 Å². The topological polar surface area (TPSA) is 87.1 Å². The van der Waals surface area contributed by atoms with Gasteiger partial charge in [0, 0.05) is 6.61 Å². The summed E-state index contributed by atoms with van der Waals surface area (Å²) in [4.78, 5) is 9.38. The molecule has 6 nitrogen and oxygen atoms in total. The van der Waals surface area contributed by atoms with Crippen molar-refractivity contribution in [2.45, 2.75) is 39.7 Å². The Morgan fingerprint density at radius 2 is 2.16 bits per heavy atom. The van der Waals surface area contributed by atoms with Crippen LogP contribution in [0, 0.1) is 6.92 Å². The maximum Gasteiger partial charge on any atom is 0.270 e. The molecule has 19 heavy (non-hydrogen) atoms. The predicted molar refractivity (Wildman–Crippen MR) is 73.8 cm³/mol. The van der Waals surface area contributed by atoms with Crippen LogP contribution in [-0.2, 0) is 4.74 Å². The minimum Gasteiger partial charge on any atom is -0.375 e. The van der Waals surface area contributed by atoms with Gasteiger partial charge in [-0.25, -0.2) is 4.98 Å². The van der Waals surface area contributed by atoms with Crippen LogP contribution in [0.5, 0.6) is 0 Å². The second-order valence-corrected chi connectivity index (χ2v) is 5.19. The summed E-state index contributed by atoms with van der Waals surface area (Å²) in [6.45, 7) is 6.55. The standard InChI is InChI=1S/C12H18N4O2S/c1-4-6-8(17-5-2)10-15-11(18-16-10)9-7(3)14-12(13)19-9/h8H,4-6H2,1-3H3,(H2,13,14). The van der Waals surface area contributed by atoms with E-state index in [4.69, 9.17) is 15.0 Å². The van der Waals surface area contributed by atoms with Crippen molar-refractivity contribution < 1.29 is 9.26 Å². The van der Waals surface area contributed by atoms with Crippen LogP contribution in [-0.4, -0.2) is 21.7 Å². The lowest BCUT2D eigenvalue weighted by molar-refractivity contribution is 0.0478. The first-order chi connectivity index (χ1) is 9.15. The summed E-state index contributed by atoms with van der Waals surface area (Å²) >= 11 is 1.35. The van der Waals surface area contributed by atoms with Crippen LogP contribution >= 0.6 is 11.3 Å². The maximum absolute atomic E-state index is 5.67. The molecule has 2 heterocycles. The third-order valence-corrected chi connectivity index (χ3v) is 3.63. The first kappa shape index (κ1) is 14.0. The minimum absolute atomic E-state index is 0.113. The highest BCUT2D eigenvalue weighted by Crippen LogP contribution is 2.31. The lowest BCUT2D eigenvalue weighted by Gasteiger charge is -2.10. The maximum atomic E-state index is 5.67. The first-order valence-electron chi connectivity index (χ1n) is 6.34. The van der Waals surface area contributed by atoms with Crippen LogP contribution < -0.4 is 5.73 Å². The molecule has 0 aliphatic carbocycles. The molecule has 0 saturated heterocycles. The minimum atomic E-state index is -0.113. The average molecular weight is 282 g/mol. The highest BCUT2D eigenvalue weighted by atomic mass is 32.1. The Kier molecular flexibility index (Phi) is 4.49. The Morgan fingerprint density at radius 1 is 1.37 bits per heavy atom. The molecule has 2 rings (SSSR count). The van der Waals surface area contributed by atoms with E-state index in [1.165, 1.54) is 11.3 Å². The molecule has 0 saturated carbocycles. The Labute approximate surface area is 116 Å². The molecule has 2 aromatic heterocycles. The zero-order chi connectivity index (χ0) is 13.8. The number of hydrogen-bond acceptors (Lipinski definition) is 7. The van der Waals surface area contributed by atoms with Crippen LogP contribution in [0.4, 0.5) is 5.13 Å². The Hall–Kier alpha value is -1.47. The fraction of sp³-hybridized carbons (Fsp3) is 0.583. The smallest absolute Gasteiger partial charge is 0.270 e. The van der Waals surface area contributed by atoms with Crippen molar-refractivity contribution in [1.82, 2.24) is 15.1 Å². The number of rotatable bonds is 6. The molecule has 0 radical (unpaired) electrons. The predicted octanol–water partition coefficient (Wildman–Crippen LogP) is 2.96. The monoisotopic (exact) mass is 282 g/mol. The summed E-state index contributed by atoms with van der Waals surface area (Å²) < 4.78 is 10.9. The number of nitrogen functional groups attached to an aromatic ring is 1. The third-order valence-electron chi connectivity index (χ3n) is 2.66. The van der Waals surface area contributed by atoms with Crippen LogP contribution in [0.15, 0.2) is 4.52 Å². The molecule has 0 aliphatic rings. The van der Waals surface area contributed by atoms with E-state index in [1.54, 1.807) is 0 Å². The molecule has 2 aromatic rings. The van der Waals surface area contributed by atoms with Crippen LogP contribution in [0.3, 0.4) is 0 Å². The largest absolute Gasteiger partial charge is 0.375 e. The number of hydrogen-bond donors (Lipinski definition) is 1. The van der Waals surface area contributed by atoms with Crippen LogP contribution in [0.1, 0.15) is 44.3 Å². The molecule has 0 aliphatic heterocycles.